The summed E-state index contributed by atoms with van der Waals surface area (Å²) in [7, 11) is 0. The van der Waals surface area contributed by atoms with E-state index in [1.165, 1.54) is 0 Å². The first-order valence-electron chi connectivity index (χ1n) is 8.15. The molecule has 1 unspecified atom stereocenters. The zero-order valence-corrected chi connectivity index (χ0v) is 14.9. The van der Waals surface area contributed by atoms with Gasteiger partial charge in [0, 0.05) is 29.7 Å². The molecule has 3 rings (SSSR count). The first-order valence-corrected chi connectivity index (χ1v) is 9.37. The quantitative estimate of drug-likeness (QED) is 0.701. The van der Waals surface area contributed by atoms with Gasteiger partial charge >= 0.3 is 0 Å². The molecule has 1 aromatic carbocycles. The van der Waals surface area contributed by atoms with Gasteiger partial charge in [-0.2, -0.15) is 0 Å². The molecule has 0 saturated carbocycles. The van der Waals surface area contributed by atoms with E-state index in [4.69, 9.17) is 11.5 Å². The van der Waals surface area contributed by atoms with Crippen LogP contribution in [0, 0.1) is 0 Å². The number of nitrogens with zero attached hydrogens (tertiary/aromatic N) is 3. The lowest BCUT2D eigenvalue weighted by Gasteiger charge is -2.31. The molecule has 2 aromatic rings. The van der Waals surface area contributed by atoms with Crippen LogP contribution in [0.25, 0.3) is 0 Å². The summed E-state index contributed by atoms with van der Waals surface area (Å²) in [5.41, 5.74) is 12.4. The van der Waals surface area contributed by atoms with Crippen LogP contribution in [0.1, 0.15) is 23.3 Å². The zero-order valence-electron chi connectivity index (χ0n) is 14.1. The Balaban J connectivity index is 1.88. The van der Waals surface area contributed by atoms with Crippen LogP contribution in [0.3, 0.4) is 0 Å². The maximum absolute atomic E-state index is 11.7. The van der Waals surface area contributed by atoms with E-state index in [0.29, 0.717) is 11.6 Å². The highest BCUT2D eigenvalue weighted by atomic mass is 32.2. The molecule has 7 nitrogen and oxygen atoms in total. The van der Waals surface area contributed by atoms with Crippen molar-refractivity contribution >= 4 is 35.0 Å². The topological polar surface area (TPSA) is 110 Å². The Kier molecular flexibility index (Phi) is 5.40. The molecule has 8 heteroatoms. The highest BCUT2D eigenvalue weighted by Crippen LogP contribution is 2.24. The molecular weight excluding hydrogens is 336 g/mol. The number of amides is 1. The summed E-state index contributed by atoms with van der Waals surface area (Å²) in [6, 6.07) is 7.99. The number of primary amides is 1. The standard InChI is InChI=1S/C17H22N6OS/c1-25-13-6-4-12(5-7-13)21-17-15(16(19)24)20-9-14(22-17)23-8-2-3-11(18)10-23/h4-7,9,11H,2-3,8,10,18H2,1H3,(H2,19,24)(H,21,22). The molecule has 25 heavy (non-hydrogen) atoms. The Morgan fingerprint density at radius 1 is 1.36 bits per heavy atom. The van der Waals surface area contributed by atoms with Crippen molar-refractivity contribution in [3.63, 3.8) is 0 Å². The second kappa shape index (κ2) is 7.71. The summed E-state index contributed by atoms with van der Waals surface area (Å²) in [4.78, 5) is 23.7. The summed E-state index contributed by atoms with van der Waals surface area (Å²) in [5.74, 6) is 0.446. The molecule has 1 amide bonds. The van der Waals surface area contributed by atoms with Gasteiger partial charge in [-0.1, -0.05) is 0 Å². The van der Waals surface area contributed by atoms with E-state index < -0.39 is 5.91 Å². The zero-order chi connectivity index (χ0) is 17.8. The van der Waals surface area contributed by atoms with Gasteiger partial charge in [0.15, 0.2) is 11.5 Å². The molecule has 0 aliphatic carbocycles. The van der Waals surface area contributed by atoms with Crippen molar-refractivity contribution in [3.8, 4) is 0 Å². The highest BCUT2D eigenvalue weighted by molar-refractivity contribution is 7.98. The van der Waals surface area contributed by atoms with Gasteiger partial charge in [0.2, 0.25) is 0 Å². The fraction of sp³-hybridized carbons (Fsp3) is 0.353. The van der Waals surface area contributed by atoms with Crippen molar-refractivity contribution in [1.82, 2.24) is 9.97 Å². The average Bonchev–Trinajstić information content (AvgIpc) is 2.62. The number of carbonyl (C=O) groups is 1. The Morgan fingerprint density at radius 3 is 2.76 bits per heavy atom. The van der Waals surface area contributed by atoms with Crippen molar-refractivity contribution in [1.29, 1.82) is 0 Å². The van der Waals surface area contributed by atoms with Crippen LogP contribution < -0.4 is 21.7 Å². The van der Waals surface area contributed by atoms with Gasteiger partial charge in [-0.25, -0.2) is 9.97 Å². The predicted molar refractivity (Wildman–Crippen MR) is 101 cm³/mol. The number of hydrogen-bond donors (Lipinski definition) is 3. The number of rotatable bonds is 5. The molecule has 1 aromatic heterocycles. The molecular formula is C17H22N6OS. The molecule has 1 atom stereocenters. The molecule has 0 radical (unpaired) electrons. The minimum Gasteiger partial charge on any atom is -0.364 e. The van der Waals surface area contributed by atoms with Gasteiger partial charge in [-0.05, 0) is 43.4 Å². The van der Waals surface area contributed by atoms with Gasteiger partial charge < -0.3 is 21.7 Å². The average molecular weight is 358 g/mol. The van der Waals surface area contributed by atoms with Gasteiger partial charge in [0.05, 0.1) is 6.20 Å². The van der Waals surface area contributed by atoms with Gasteiger partial charge in [0.1, 0.15) is 5.82 Å². The molecule has 0 spiro atoms. The van der Waals surface area contributed by atoms with E-state index in [-0.39, 0.29) is 11.7 Å². The van der Waals surface area contributed by atoms with Crippen molar-refractivity contribution in [2.24, 2.45) is 11.5 Å². The third-order valence-corrected chi connectivity index (χ3v) is 4.87. The fourth-order valence-electron chi connectivity index (χ4n) is 2.83. The van der Waals surface area contributed by atoms with Gasteiger partial charge in [-0.15, -0.1) is 11.8 Å². The first-order chi connectivity index (χ1) is 12.1. The normalized spacial score (nSPS) is 17.4. The number of anilines is 3. The monoisotopic (exact) mass is 358 g/mol. The Bertz CT molecular complexity index is 751. The van der Waals surface area contributed by atoms with Crippen LogP contribution in [0.4, 0.5) is 17.3 Å². The molecule has 1 aliphatic heterocycles. The van der Waals surface area contributed by atoms with Gasteiger partial charge in [0.25, 0.3) is 5.91 Å². The third kappa shape index (κ3) is 4.21. The van der Waals surface area contributed by atoms with E-state index in [0.717, 1.165) is 36.5 Å². The van der Waals surface area contributed by atoms with Gasteiger partial charge in [-0.3, -0.25) is 4.79 Å². The number of hydrogen-bond acceptors (Lipinski definition) is 7. The lowest BCUT2D eigenvalue weighted by Crippen LogP contribution is -2.43. The Morgan fingerprint density at radius 2 is 2.12 bits per heavy atom. The molecule has 2 heterocycles. The molecule has 1 saturated heterocycles. The number of benzene rings is 1. The number of aromatic nitrogens is 2. The predicted octanol–water partition coefficient (Wildman–Crippen LogP) is 1.97. The molecule has 0 bridgehead atoms. The highest BCUT2D eigenvalue weighted by Gasteiger charge is 2.20. The van der Waals surface area contributed by atoms with Crippen molar-refractivity contribution in [2.75, 3.05) is 29.6 Å². The Labute approximate surface area is 151 Å². The first kappa shape index (κ1) is 17.5. The maximum Gasteiger partial charge on any atom is 0.271 e. The second-order valence-corrected chi connectivity index (χ2v) is 6.87. The lowest BCUT2D eigenvalue weighted by molar-refractivity contribution is 0.0996. The van der Waals surface area contributed by atoms with Crippen LogP contribution in [-0.4, -0.2) is 41.3 Å². The van der Waals surface area contributed by atoms with E-state index in [2.05, 4.69) is 20.2 Å². The van der Waals surface area contributed by atoms with Crippen LogP contribution in [0.2, 0.25) is 0 Å². The molecule has 5 N–H and O–H groups in total. The maximum atomic E-state index is 11.7. The SMILES string of the molecule is CSc1ccc(Nc2nc(N3CCCC(N)C3)cnc2C(N)=O)cc1. The fourth-order valence-corrected chi connectivity index (χ4v) is 3.24. The molecule has 132 valence electrons. The van der Waals surface area contributed by atoms with Crippen LogP contribution in [0.15, 0.2) is 35.4 Å². The molecule has 1 fully saturated rings. The Hall–Kier alpha value is -2.32. The van der Waals surface area contributed by atoms with Crippen LogP contribution >= 0.6 is 11.8 Å². The summed E-state index contributed by atoms with van der Waals surface area (Å²) in [6.07, 6.45) is 5.63. The van der Waals surface area contributed by atoms with Crippen LogP contribution in [0.5, 0.6) is 0 Å². The number of nitrogens with one attached hydrogen (secondary N) is 1. The smallest absolute Gasteiger partial charge is 0.271 e. The number of nitrogens with two attached hydrogens (primary N) is 2. The van der Waals surface area contributed by atoms with Crippen LogP contribution in [-0.2, 0) is 0 Å². The minimum atomic E-state index is -0.613. The minimum absolute atomic E-state index is 0.124. The van der Waals surface area contributed by atoms with E-state index in [9.17, 15) is 4.79 Å². The van der Waals surface area contributed by atoms with Crippen molar-refractivity contribution < 1.29 is 4.79 Å². The summed E-state index contributed by atoms with van der Waals surface area (Å²) < 4.78 is 0. The van der Waals surface area contributed by atoms with E-state index in [1.807, 2.05) is 30.5 Å². The molecule has 1 aliphatic rings. The van der Waals surface area contributed by atoms with Crippen molar-refractivity contribution in [2.45, 2.75) is 23.8 Å². The lowest BCUT2D eigenvalue weighted by atomic mass is 10.1. The largest absolute Gasteiger partial charge is 0.364 e. The number of thioether (sulfide) groups is 1. The second-order valence-electron chi connectivity index (χ2n) is 5.99. The number of carbonyl (C=O) groups excluding carboxylic acids is 1. The summed E-state index contributed by atoms with van der Waals surface area (Å²) in [6.45, 7) is 1.60. The summed E-state index contributed by atoms with van der Waals surface area (Å²) in [5, 5.41) is 3.15. The van der Waals surface area contributed by atoms with Crippen molar-refractivity contribution in [3.05, 3.63) is 36.2 Å². The number of piperidine rings is 1. The third-order valence-electron chi connectivity index (χ3n) is 4.13. The van der Waals surface area contributed by atoms with E-state index >= 15 is 0 Å². The van der Waals surface area contributed by atoms with E-state index in [1.54, 1.807) is 18.0 Å². The summed E-state index contributed by atoms with van der Waals surface area (Å²) >= 11 is 1.66.